The molecule has 3 N–H and O–H groups in total. The van der Waals surface area contributed by atoms with E-state index in [0.717, 1.165) is 11.1 Å². The molecule has 1 aromatic carbocycles. The van der Waals surface area contributed by atoms with Gasteiger partial charge in [0.15, 0.2) is 0 Å². The number of rotatable bonds is 3. The fourth-order valence-corrected chi connectivity index (χ4v) is 3.69. The number of halogens is 1. The lowest BCUT2D eigenvalue weighted by atomic mass is 9.90. The third-order valence-corrected chi connectivity index (χ3v) is 5.05. The van der Waals surface area contributed by atoms with Crippen molar-refractivity contribution in [1.82, 2.24) is 20.3 Å². The highest BCUT2D eigenvalue weighted by molar-refractivity contribution is 5.98. The summed E-state index contributed by atoms with van der Waals surface area (Å²) >= 11 is 0. The molecule has 0 aliphatic carbocycles. The SMILES string of the molecule is COc1cc(-c2cc(F)ccc2C2Cc3nc(N)nc(C)c3C(=O)N2)ncc1C. The van der Waals surface area contributed by atoms with Crippen LogP contribution in [0.2, 0.25) is 0 Å². The van der Waals surface area contributed by atoms with Gasteiger partial charge in [0.25, 0.3) is 5.91 Å². The summed E-state index contributed by atoms with van der Waals surface area (Å²) in [5.74, 6) is 0.104. The van der Waals surface area contributed by atoms with Crippen molar-refractivity contribution in [2.45, 2.75) is 26.3 Å². The summed E-state index contributed by atoms with van der Waals surface area (Å²) in [6.07, 6.45) is 2.09. The molecule has 1 amide bonds. The molecule has 0 bridgehead atoms. The maximum absolute atomic E-state index is 14.1. The van der Waals surface area contributed by atoms with E-state index in [-0.39, 0.29) is 11.9 Å². The fourth-order valence-electron chi connectivity index (χ4n) is 3.69. The van der Waals surface area contributed by atoms with Gasteiger partial charge in [-0.15, -0.1) is 0 Å². The van der Waals surface area contributed by atoms with Crippen LogP contribution in [0, 0.1) is 19.7 Å². The van der Waals surface area contributed by atoms with Crippen molar-refractivity contribution < 1.29 is 13.9 Å². The molecular weight excluding hydrogens is 373 g/mol. The van der Waals surface area contributed by atoms with E-state index in [1.165, 1.54) is 12.1 Å². The maximum Gasteiger partial charge on any atom is 0.255 e. The standard InChI is InChI=1S/C21H20FN5O2/c1-10-9-24-15(8-18(10)29-3)14-6-12(22)4-5-13(14)16-7-17-19(20(28)26-16)11(2)25-21(23)27-17/h4-6,8-9,16H,7H2,1-3H3,(H,26,28)(H2,23,25,27). The van der Waals surface area contributed by atoms with Crippen LogP contribution in [0.15, 0.2) is 30.5 Å². The quantitative estimate of drug-likeness (QED) is 0.709. The number of aromatic nitrogens is 3. The van der Waals surface area contributed by atoms with Crippen molar-refractivity contribution >= 4 is 11.9 Å². The Balaban J connectivity index is 1.82. The number of fused-ring (bicyclic) bond motifs is 1. The van der Waals surface area contributed by atoms with Crippen molar-refractivity contribution in [3.63, 3.8) is 0 Å². The van der Waals surface area contributed by atoms with Crippen LogP contribution >= 0.6 is 0 Å². The molecule has 0 saturated heterocycles. The number of nitrogen functional groups attached to an aromatic ring is 1. The summed E-state index contributed by atoms with van der Waals surface area (Å²) < 4.78 is 19.5. The molecule has 1 aliphatic heterocycles. The minimum absolute atomic E-state index is 0.124. The monoisotopic (exact) mass is 393 g/mol. The molecule has 0 radical (unpaired) electrons. The highest BCUT2D eigenvalue weighted by atomic mass is 19.1. The van der Waals surface area contributed by atoms with Crippen LogP contribution in [0.1, 0.15) is 38.9 Å². The number of amides is 1. The van der Waals surface area contributed by atoms with E-state index in [4.69, 9.17) is 10.5 Å². The second kappa shape index (κ2) is 7.12. The third kappa shape index (κ3) is 3.37. The summed E-state index contributed by atoms with van der Waals surface area (Å²) in [7, 11) is 1.57. The van der Waals surface area contributed by atoms with Gasteiger partial charge in [-0.2, -0.15) is 0 Å². The Labute approximate surface area is 167 Å². The van der Waals surface area contributed by atoms with E-state index in [1.54, 1.807) is 32.4 Å². The van der Waals surface area contributed by atoms with E-state index in [2.05, 4.69) is 20.3 Å². The number of methoxy groups -OCH3 is 1. The lowest BCUT2D eigenvalue weighted by molar-refractivity contribution is 0.0922. The summed E-state index contributed by atoms with van der Waals surface area (Å²) in [5.41, 5.74) is 10.1. The Morgan fingerprint density at radius 2 is 2.03 bits per heavy atom. The van der Waals surface area contributed by atoms with Gasteiger partial charge in [-0.3, -0.25) is 9.78 Å². The summed E-state index contributed by atoms with van der Waals surface area (Å²) in [6.45, 7) is 3.61. The predicted octanol–water partition coefficient (Wildman–Crippen LogP) is 2.91. The molecule has 4 rings (SSSR count). The topological polar surface area (TPSA) is 103 Å². The van der Waals surface area contributed by atoms with Crippen molar-refractivity contribution in [1.29, 1.82) is 0 Å². The van der Waals surface area contributed by atoms with Crippen LogP contribution < -0.4 is 15.8 Å². The second-order valence-corrected chi connectivity index (χ2v) is 6.99. The lowest BCUT2D eigenvalue weighted by Crippen LogP contribution is -2.37. The number of aryl methyl sites for hydroxylation is 2. The molecule has 2 aromatic heterocycles. The van der Waals surface area contributed by atoms with Gasteiger partial charge < -0.3 is 15.8 Å². The summed E-state index contributed by atoms with van der Waals surface area (Å²) in [4.78, 5) is 25.5. The minimum Gasteiger partial charge on any atom is -0.496 e. The average molecular weight is 393 g/mol. The minimum atomic E-state index is -0.409. The van der Waals surface area contributed by atoms with Gasteiger partial charge in [0.2, 0.25) is 5.95 Å². The molecule has 0 fully saturated rings. The number of carbonyl (C=O) groups excluding carboxylic acids is 1. The second-order valence-electron chi connectivity index (χ2n) is 6.99. The van der Waals surface area contributed by atoms with E-state index in [0.29, 0.717) is 40.4 Å². The highest BCUT2D eigenvalue weighted by Crippen LogP contribution is 2.34. The van der Waals surface area contributed by atoms with E-state index in [1.807, 2.05) is 6.92 Å². The molecule has 0 saturated carbocycles. The maximum atomic E-state index is 14.1. The molecule has 148 valence electrons. The van der Waals surface area contributed by atoms with Crippen molar-refractivity contribution in [3.8, 4) is 17.0 Å². The van der Waals surface area contributed by atoms with Gasteiger partial charge in [0.05, 0.1) is 35.8 Å². The van der Waals surface area contributed by atoms with Gasteiger partial charge in [0.1, 0.15) is 11.6 Å². The normalized spacial score (nSPS) is 15.6. The van der Waals surface area contributed by atoms with E-state index in [9.17, 15) is 9.18 Å². The molecule has 1 atom stereocenters. The largest absolute Gasteiger partial charge is 0.496 e. The first-order chi connectivity index (χ1) is 13.9. The van der Waals surface area contributed by atoms with Crippen LogP contribution in [-0.4, -0.2) is 28.0 Å². The van der Waals surface area contributed by atoms with Crippen LogP contribution in [0.3, 0.4) is 0 Å². The first-order valence-electron chi connectivity index (χ1n) is 9.11. The Kier molecular flexibility index (Phi) is 4.62. The Hall–Kier alpha value is -3.55. The molecule has 3 heterocycles. The Bertz CT molecular complexity index is 1130. The summed E-state index contributed by atoms with van der Waals surface area (Å²) in [6, 6.07) is 5.79. The molecule has 1 unspecified atom stereocenters. The van der Waals surface area contributed by atoms with Crippen LogP contribution in [0.25, 0.3) is 11.3 Å². The van der Waals surface area contributed by atoms with Gasteiger partial charge >= 0.3 is 0 Å². The Morgan fingerprint density at radius 3 is 2.79 bits per heavy atom. The van der Waals surface area contributed by atoms with Crippen molar-refractivity contribution in [3.05, 3.63) is 64.4 Å². The smallest absolute Gasteiger partial charge is 0.255 e. The molecule has 1 aliphatic rings. The molecule has 0 spiro atoms. The third-order valence-electron chi connectivity index (χ3n) is 5.05. The van der Waals surface area contributed by atoms with Gasteiger partial charge in [-0.05, 0) is 31.5 Å². The molecule has 3 aromatic rings. The molecule has 8 heteroatoms. The number of benzene rings is 1. The number of nitrogens with zero attached hydrogens (tertiary/aromatic N) is 3. The number of anilines is 1. The van der Waals surface area contributed by atoms with Gasteiger partial charge in [-0.25, -0.2) is 14.4 Å². The van der Waals surface area contributed by atoms with Crippen LogP contribution in [-0.2, 0) is 6.42 Å². The average Bonchev–Trinajstić information content (AvgIpc) is 2.67. The van der Waals surface area contributed by atoms with Crippen LogP contribution in [0.5, 0.6) is 5.75 Å². The van der Waals surface area contributed by atoms with E-state index < -0.39 is 11.9 Å². The first kappa shape index (κ1) is 18.8. The summed E-state index contributed by atoms with van der Waals surface area (Å²) in [5, 5.41) is 2.98. The van der Waals surface area contributed by atoms with Crippen LogP contribution in [0.4, 0.5) is 10.3 Å². The molecular formula is C21H20FN5O2. The first-order valence-corrected chi connectivity index (χ1v) is 9.11. The number of pyridine rings is 1. The van der Waals surface area contributed by atoms with Crippen molar-refractivity contribution in [2.24, 2.45) is 0 Å². The predicted molar refractivity (Wildman–Crippen MR) is 106 cm³/mol. The van der Waals surface area contributed by atoms with Gasteiger partial charge in [0, 0.05) is 29.8 Å². The van der Waals surface area contributed by atoms with Gasteiger partial charge in [-0.1, -0.05) is 6.07 Å². The lowest BCUT2D eigenvalue weighted by Gasteiger charge is -2.27. The Morgan fingerprint density at radius 1 is 1.24 bits per heavy atom. The molecule has 7 nitrogen and oxygen atoms in total. The van der Waals surface area contributed by atoms with Crippen molar-refractivity contribution in [2.75, 3.05) is 12.8 Å². The number of ether oxygens (including phenoxy) is 1. The fraction of sp³-hybridized carbons (Fsp3) is 0.238. The zero-order valence-corrected chi connectivity index (χ0v) is 16.3. The highest BCUT2D eigenvalue weighted by Gasteiger charge is 2.30. The number of nitrogens with two attached hydrogens (primary N) is 1. The van der Waals surface area contributed by atoms with E-state index >= 15 is 0 Å². The number of hydrogen-bond acceptors (Lipinski definition) is 6. The molecule has 29 heavy (non-hydrogen) atoms. The number of nitrogens with one attached hydrogen (secondary N) is 1. The zero-order valence-electron chi connectivity index (χ0n) is 16.3. The number of carbonyl (C=O) groups is 1. The number of hydrogen-bond donors (Lipinski definition) is 2. The zero-order chi connectivity index (χ0) is 20.7.